The molecule has 0 saturated heterocycles. The molecule has 0 bridgehead atoms. The average molecular weight is 246 g/mol. The van der Waals surface area contributed by atoms with Gasteiger partial charge in [0.1, 0.15) is 0 Å². The molecular formula is C13H14N2O3. The lowest BCUT2D eigenvalue weighted by Gasteiger charge is -2.07. The Hall–Kier alpha value is -2.30. The zero-order chi connectivity index (χ0) is 13.1. The fourth-order valence-corrected chi connectivity index (χ4v) is 1.80. The largest absolute Gasteiger partial charge is 0.450 e. The van der Waals surface area contributed by atoms with Crippen LogP contribution in [0.1, 0.15) is 12.5 Å². The number of ether oxygens (including phenoxy) is 1. The lowest BCUT2D eigenvalue weighted by molar-refractivity contribution is 0.168. The van der Waals surface area contributed by atoms with Gasteiger partial charge in [0.05, 0.1) is 12.1 Å². The molecule has 18 heavy (non-hydrogen) atoms. The number of aromatic amines is 1. The van der Waals surface area contributed by atoms with Crippen LogP contribution in [0.2, 0.25) is 0 Å². The second-order valence-electron chi connectivity index (χ2n) is 3.92. The van der Waals surface area contributed by atoms with E-state index in [0.29, 0.717) is 17.8 Å². The zero-order valence-electron chi connectivity index (χ0n) is 10.2. The first-order valence-corrected chi connectivity index (χ1v) is 5.67. The summed E-state index contributed by atoms with van der Waals surface area (Å²) >= 11 is 0. The highest BCUT2D eigenvalue weighted by molar-refractivity contribution is 5.90. The normalized spacial score (nSPS) is 10.3. The van der Waals surface area contributed by atoms with Crippen LogP contribution in [-0.2, 0) is 4.74 Å². The van der Waals surface area contributed by atoms with E-state index in [1.807, 2.05) is 13.0 Å². The summed E-state index contributed by atoms with van der Waals surface area (Å²) in [4.78, 5) is 25.4. The van der Waals surface area contributed by atoms with E-state index >= 15 is 0 Å². The summed E-state index contributed by atoms with van der Waals surface area (Å²) in [7, 11) is 0. The van der Waals surface area contributed by atoms with Crippen molar-refractivity contribution < 1.29 is 9.53 Å². The number of benzene rings is 1. The minimum Gasteiger partial charge on any atom is -0.450 e. The average Bonchev–Trinajstić information content (AvgIpc) is 2.28. The zero-order valence-corrected chi connectivity index (χ0v) is 10.2. The molecule has 0 saturated carbocycles. The molecule has 94 valence electrons. The molecule has 1 aromatic heterocycles. The van der Waals surface area contributed by atoms with E-state index < -0.39 is 6.09 Å². The molecular weight excluding hydrogens is 232 g/mol. The Morgan fingerprint density at radius 1 is 1.39 bits per heavy atom. The van der Waals surface area contributed by atoms with Gasteiger partial charge in [-0.1, -0.05) is 6.07 Å². The Bertz CT molecular complexity index is 646. The molecule has 0 aliphatic rings. The minimum absolute atomic E-state index is 0.159. The van der Waals surface area contributed by atoms with E-state index in [-0.39, 0.29) is 5.56 Å². The minimum atomic E-state index is -0.508. The Morgan fingerprint density at radius 2 is 2.17 bits per heavy atom. The van der Waals surface area contributed by atoms with Crippen LogP contribution < -0.4 is 10.9 Å². The van der Waals surface area contributed by atoms with Crippen LogP contribution >= 0.6 is 0 Å². The first kappa shape index (κ1) is 12.2. The number of aryl methyl sites for hydroxylation is 1. The lowest BCUT2D eigenvalue weighted by atomic mass is 10.1. The van der Waals surface area contributed by atoms with Crippen LogP contribution in [0.25, 0.3) is 10.9 Å². The fourth-order valence-electron chi connectivity index (χ4n) is 1.80. The monoisotopic (exact) mass is 246 g/mol. The van der Waals surface area contributed by atoms with Crippen molar-refractivity contribution >= 4 is 22.7 Å². The highest BCUT2D eigenvalue weighted by Crippen LogP contribution is 2.19. The molecule has 2 aromatic rings. The summed E-state index contributed by atoms with van der Waals surface area (Å²) in [5.41, 5.74) is 2.02. The van der Waals surface area contributed by atoms with E-state index in [0.717, 1.165) is 10.9 Å². The number of H-pyrrole nitrogens is 1. The predicted molar refractivity (Wildman–Crippen MR) is 70.0 cm³/mol. The van der Waals surface area contributed by atoms with E-state index in [4.69, 9.17) is 4.74 Å². The maximum absolute atomic E-state index is 11.4. The topological polar surface area (TPSA) is 71.2 Å². The molecule has 2 rings (SSSR count). The van der Waals surface area contributed by atoms with Crippen molar-refractivity contribution in [2.45, 2.75) is 13.8 Å². The van der Waals surface area contributed by atoms with Gasteiger partial charge in [0.25, 0.3) is 0 Å². The van der Waals surface area contributed by atoms with E-state index in [1.54, 1.807) is 25.1 Å². The summed E-state index contributed by atoms with van der Waals surface area (Å²) < 4.78 is 4.78. The molecule has 1 heterocycles. The molecule has 5 nitrogen and oxygen atoms in total. The fraction of sp³-hybridized carbons (Fsp3) is 0.231. The van der Waals surface area contributed by atoms with Gasteiger partial charge < -0.3 is 9.72 Å². The van der Waals surface area contributed by atoms with Crippen LogP contribution in [0.15, 0.2) is 29.1 Å². The van der Waals surface area contributed by atoms with Gasteiger partial charge >= 0.3 is 6.09 Å². The van der Waals surface area contributed by atoms with Gasteiger partial charge in [-0.25, -0.2) is 4.79 Å². The van der Waals surface area contributed by atoms with Crippen LogP contribution in [0.5, 0.6) is 0 Å². The van der Waals surface area contributed by atoms with Gasteiger partial charge in [0.2, 0.25) is 5.56 Å². The van der Waals surface area contributed by atoms with Crippen molar-refractivity contribution in [3.63, 3.8) is 0 Å². The summed E-state index contributed by atoms with van der Waals surface area (Å²) in [6, 6.07) is 6.87. The molecule has 2 N–H and O–H groups in total. The second kappa shape index (κ2) is 4.91. The summed E-state index contributed by atoms with van der Waals surface area (Å²) in [6.07, 6.45) is -0.508. The Balaban J connectivity index is 2.38. The molecule has 5 heteroatoms. The van der Waals surface area contributed by atoms with Gasteiger partial charge in [0, 0.05) is 17.1 Å². The van der Waals surface area contributed by atoms with Gasteiger partial charge in [0.15, 0.2) is 0 Å². The Labute approximate surface area is 104 Å². The lowest BCUT2D eigenvalue weighted by Crippen LogP contribution is -2.13. The van der Waals surface area contributed by atoms with Crippen LogP contribution in [0.3, 0.4) is 0 Å². The number of hydrogen-bond acceptors (Lipinski definition) is 3. The standard InChI is InChI=1S/C13H14N2O3/c1-3-18-13(17)14-9-4-5-10-8(2)6-12(16)15-11(10)7-9/h4-7H,3H2,1-2H3,(H,14,17)(H,15,16). The van der Waals surface area contributed by atoms with Crippen LogP contribution in [0, 0.1) is 6.92 Å². The Kier molecular flexibility index (Phi) is 3.32. The molecule has 0 aliphatic heterocycles. The first-order chi connectivity index (χ1) is 8.60. The maximum Gasteiger partial charge on any atom is 0.411 e. The van der Waals surface area contributed by atoms with Gasteiger partial charge in [-0.15, -0.1) is 0 Å². The SMILES string of the molecule is CCOC(=O)Nc1ccc2c(C)cc(=O)[nH]c2c1. The number of nitrogens with one attached hydrogen (secondary N) is 2. The third-order valence-electron chi connectivity index (χ3n) is 2.57. The second-order valence-corrected chi connectivity index (χ2v) is 3.92. The number of pyridine rings is 1. The van der Waals surface area contributed by atoms with Gasteiger partial charge in [-0.3, -0.25) is 10.1 Å². The molecule has 0 fully saturated rings. The number of carbonyl (C=O) groups is 1. The van der Waals surface area contributed by atoms with Crippen molar-refractivity contribution in [2.75, 3.05) is 11.9 Å². The third kappa shape index (κ3) is 2.51. The van der Waals surface area contributed by atoms with Gasteiger partial charge in [-0.05, 0) is 31.5 Å². The van der Waals surface area contributed by atoms with Crippen molar-refractivity contribution in [3.05, 3.63) is 40.2 Å². The first-order valence-electron chi connectivity index (χ1n) is 5.67. The number of carbonyl (C=O) groups excluding carboxylic acids is 1. The molecule has 1 aromatic carbocycles. The van der Waals surface area contributed by atoms with Crippen LogP contribution in [-0.4, -0.2) is 17.7 Å². The third-order valence-corrected chi connectivity index (χ3v) is 2.57. The van der Waals surface area contributed by atoms with Crippen LogP contribution in [0.4, 0.5) is 10.5 Å². The molecule has 0 aliphatic carbocycles. The number of aromatic nitrogens is 1. The highest BCUT2D eigenvalue weighted by Gasteiger charge is 2.04. The predicted octanol–water partition coefficient (Wildman–Crippen LogP) is 2.40. The van der Waals surface area contributed by atoms with E-state index in [2.05, 4.69) is 10.3 Å². The van der Waals surface area contributed by atoms with E-state index in [9.17, 15) is 9.59 Å². The molecule has 0 atom stereocenters. The summed E-state index contributed by atoms with van der Waals surface area (Å²) in [5, 5.41) is 3.54. The number of amides is 1. The smallest absolute Gasteiger partial charge is 0.411 e. The molecule has 0 spiro atoms. The quantitative estimate of drug-likeness (QED) is 0.854. The van der Waals surface area contributed by atoms with Crippen molar-refractivity contribution in [3.8, 4) is 0 Å². The molecule has 1 amide bonds. The van der Waals surface area contributed by atoms with E-state index in [1.165, 1.54) is 0 Å². The highest BCUT2D eigenvalue weighted by atomic mass is 16.5. The summed E-state index contributed by atoms with van der Waals surface area (Å²) in [5.74, 6) is 0. The van der Waals surface area contributed by atoms with Crippen molar-refractivity contribution in [1.29, 1.82) is 0 Å². The van der Waals surface area contributed by atoms with Gasteiger partial charge in [-0.2, -0.15) is 0 Å². The number of hydrogen-bond donors (Lipinski definition) is 2. The molecule has 0 unspecified atom stereocenters. The molecule has 0 radical (unpaired) electrons. The maximum atomic E-state index is 11.4. The number of anilines is 1. The van der Waals surface area contributed by atoms with Crippen molar-refractivity contribution in [2.24, 2.45) is 0 Å². The summed E-state index contributed by atoms with van der Waals surface area (Å²) in [6.45, 7) is 3.92. The number of rotatable bonds is 2. The van der Waals surface area contributed by atoms with Crippen molar-refractivity contribution in [1.82, 2.24) is 4.98 Å². The Morgan fingerprint density at radius 3 is 2.89 bits per heavy atom. The number of fused-ring (bicyclic) bond motifs is 1.